The normalized spacial score (nSPS) is 11.6. The van der Waals surface area contributed by atoms with E-state index < -0.39 is 6.36 Å². The van der Waals surface area contributed by atoms with Crippen LogP contribution in [-0.2, 0) is 11.3 Å². The van der Waals surface area contributed by atoms with E-state index in [1.165, 1.54) is 36.0 Å². The first-order chi connectivity index (χ1) is 11.7. The van der Waals surface area contributed by atoms with Gasteiger partial charge in [0.25, 0.3) is 0 Å². The van der Waals surface area contributed by atoms with Crippen molar-refractivity contribution in [1.29, 1.82) is 0 Å². The second kappa shape index (κ2) is 8.24. The number of ether oxygens (including phenoxy) is 1. The number of thioether (sulfide) groups is 1. The topological polar surface area (TPSA) is 69.0 Å². The van der Waals surface area contributed by atoms with Crippen molar-refractivity contribution in [2.75, 3.05) is 5.75 Å². The van der Waals surface area contributed by atoms with Crippen molar-refractivity contribution in [1.82, 2.24) is 20.1 Å². The van der Waals surface area contributed by atoms with Crippen LogP contribution in [0.4, 0.5) is 13.2 Å². The highest BCUT2D eigenvalue weighted by Crippen LogP contribution is 2.23. The Morgan fingerprint density at radius 2 is 2.00 bits per heavy atom. The molecule has 1 aromatic heterocycles. The second-order valence-electron chi connectivity index (χ2n) is 5.37. The lowest BCUT2D eigenvalue weighted by Gasteiger charge is -2.10. The monoisotopic (exact) mass is 374 g/mol. The molecule has 0 aliphatic heterocycles. The Balaban J connectivity index is 1.79. The van der Waals surface area contributed by atoms with Gasteiger partial charge in [0.2, 0.25) is 5.91 Å². The summed E-state index contributed by atoms with van der Waals surface area (Å²) in [4.78, 5) is 11.9. The number of alkyl halides is 3. The fraction of sp³-hybridized carbons (Fsp3) is 0.400. The fourth-order valence-corrected chi connectivity index (χ4v) is 2.75. The Kier molecular flexibility index (Phi) is 6.29. The fourth-order valence-electron chi connectivity index (χ4n) is 1.88. The van der Waals surface area contributed by atoms with Gasteiger partial charge in [0.1, 0.15) is 12.1 Å². The Labute approximate surface area is 146 Å². The van der Waals surface area contributed by atoms with Crippen LogP contribution in [0.1, 0.15) is 25.5 Å². The molecule has 0 saturated heterocycles. The van der Waals surface area contributed by atoms with Crippen LogP contribution >= 0.6 is 11.8 Å². The van der Waals surface area contributed by atoms with Crippen molar-refractivity contribution in [3.05, 3.63) is 36.2 Å². The molecule has 10 heteroatoms. The molecule has 0 aliphatic rings. The van der Waals surface area contributed by atoms with Gasteiger partial charge in [-0.3, -0.25) is 4.79 Å². The van der Waals surface area contributed by atoms with E-state index in [0.29, 0.717) is 10.7 Å². The minimum absolute atomic E-state index is 0.167. The number of aromatic nitrogens is 3. The van der Waals surface area contributed by atoms with Gasteiger partial charge in [-0.25, -0.2) is 0 Å². The van der Waals surface area contributed by atoms with Crippen LogP contribution in [0.25, 0.3) is 0 Å². The summed E-state index contributed by atoms with van der Waals surface area (Å²) in [6, 6.07) is 5.52. The number of halogens is 3. The van der Waals surface area contributed by atoms with Crippen molar-refractivity contribution < 1.29 is 22.7 Å². The van der Waals surface area contributed by atoms with Crippen molar-refractivity contribution in [2.45, 2.75) is 38.0 Å². The standard InChI is InChI=1S/C15H17F3N4O2S/c1-10(2)22-9-20-21-14(22)25-8-13(23)19-7-11-3-5-12(6-4-11)24-15(16,17)18/h3-6,9-10H,7-8H2,1-2H3,(H,19,23). The van der Waals surface area contributed by atoms with Gasteiger partial charge in [0.15, 0.2) is 5.16 Å². The van der Waals surface area contributed by atoms with Crippen LogP contribution in [0.15, 0.2) is 35.7 Å². The van der Waals surface area contributed by atoms with Gasteiger partial charge in [-0.15, -0.1) is 23.4 Å². The first kappa shape index (κ1) is 19.1. The Bertz CT molecular complexity index is 702. The molecular weight excluding hydrogens is 357 g/mol. The second-order valence-corrected chi connectivity index (χ2v) is 6.31. The molecule has 0 spiro atoms. The van der Waals surface area contributed by atoms with Crippen molar-refractivity contribution in [3.8, 4) is 5.75 Å². The maximum Gasteiger partial charge on any atom is 0.573 e. The summed E-state index contributed by atoms with van der Waals surface area (Å²) in [5.74, 6) is -0.342. The maximum absolute atomic E-state index is 12.1. The number of nitrogens with zero attached hydrogens (tertiary/aromatic N) is 3. The van der Waals surface area contributed by atoms with E-state index in [9.17, 15) is 18.0 Å². The van der Waals surface area contributed by atoms with Gasteiger partial charge in [0.05, 0.1) is 5.75 Å². The summed E-state index contributed by atoms with van der Waals surface area (Å²) >= 11 is 1.27. The zero-order valence-electron chi connectivity index (χ0n) is 13.6. The Morgan fingerprint density at radius 1 is 1.32 bits per heavy atom. The molecule has 2 aromatic rings. The summed E-state index contributed by atoms with van der Waals surface area (Å²) < 4.78 is 41.9. The van der Waals surface area contributed by atoms with E-state index >= 15 is 0 Å². The molecule has 0 aliphatic carbocycles. The number of nitrogens with one attached hydrogen (secondary N) is 1. The van der Waals surface area contributed by atoms with Crippen LogP contribution < -0.4 is 10.1 Å². The largest absolute Gasteiger partial charge is 0.573 e. The SMILES string of the molecule is CC(C)n1cnnc1SCC(=O)NCc1ccc(OC(F)(F)F)cc1. The first-order valence-electron chi connectivity index (χ1n) is 7.38. The van der Waals surface area contributed by atoms with Gasteiger partial charge in [0, 0.05) is 12.6 Å². The molecule has 6 nitrogen and oxygen atoms in total. The molecule has 0 radical (unpaired) electrons. The van der Waals surface area contributed by atoms with E-state index in [1.807, 2.05) is 18.4 Å². The molecule has 25 heavy (non-hydrogen) atoms. The van der Waals surface area contributed by atoms with Crippen LogP contribution in [0.2, 0.25) is 0 Å². The molecule has 1 heterocycles. The molecule has 1 aromatic carbocycles. The summed E-state index contributed by atoms with van der Waals surface area (Å²) in [5.41, 5.74) is 0.665. The molecule has 1 N–H and O–H groups in total. The number of amides is 1. The molecule has 0 fully saturated rings. The Hall–Kier alpha value is -2.23. The van der Waals surface area contributed by atoms with Gasteiger partial charge in [-0.2, -0.15) is 0 Å². The van der Waals surface area contributed by atoms with Gasteiger partial charge in [-0.1, -0.05) is 23.9 Å². The number of carbonyl (C=O) groups excluding carboxylic acids is 1. The molecular formula is C15H17F3N4O2S. The van der Waals surface area contributed by atoms with Gasteiger partial charge < -0.3 is 14.6 Å². The maximum atomic E-state index is 12.1. The van der Waals surface area contributed by atoms with E-state index in [2.05, 4.69) is 20.3 Å². The average molecular weight is 374 g/mol. The summed E-state index contributed by atoms with van der Waals surface area (Å²) in [5, 5.41) is 11.1. The van der Waals surface area contributed by atoms with Crippen molar-refractivity contribution in [2.24, 2.45) is 0 Å². The molecule has 0 bridgehead atoms. The molecule has 0 saturated carbocycles. The zero-order chi connectivity index (χ0) is 18.4. The molecule has 0 atom stereocenters. The molecule has 1 amide bonds. The van der Waals surface area contributed by atoms with Crippen LogP contribution in [-0.4, -0.2) is 32.8 Å². The average Bonchev–Trinajstić information content (AvgIpc) is 2.99. The number of rotatable bonds is 7. The quantitative estimate of drug-likeness (QED) is 0.754. The lowest BCUT2D eigenvalue weighted by Crippen LogP contribution is -2.24. The van der Waals surface area contributed by atoms with Crippen LogP contribution in [0.3, 0.4) is 0 Å². The number of hydrogen-bond acceptors (Lipinski definition) is 5. The minimum Gasteiger partial charge on any atom is -0.406 e. The predicted octanol–water partition coefficient (Wildman–Crippen LogP) is 3.17. The predicted molar refractivity (Wildman–Crippen MR) is 86.1 cm³/mol. The lowest BCUT2D eigenvalue weighted by atomic mass is 10.2. The Morgan fingerprint density at radius 3 is 2.60 bits per heavy atom. The zero-order valence-corrected chi connectivity index (χ0v) is 14.4. The minimum atomic E-state index is -4.72. The first-order valence-corrected chi connectivity index (χ1v) is 8.37. The summed E-state index contributed by atoms with van der Waals surface area (Å²) in [6.07, 6.45) is -3.11. The van der Waals surface area contributed by atoms with E-state index in [1.54, 1.807) is 6.33 Å². The number of carbonyl (C=O) groups is 1. The number of benzene rings is 1. The van der Waals surface area contributed by atoms with Gasteiger partial charge in [-0.05, 0) is 31.5 Å². The summed E-state index contributed by atoms with van der Waals surface area (Å²) in [7, 11) is 0. The third-order valence-electron chi connectivity index (χ3n) is 3.08. The highest BCUT2D eigenvalue weighted by Gasteiger charge is 2.30. The highest BCUT2D eigenvalue weighted by molar-refractivity contribution is 7.99. The van der Waals surface area contributed by atoms with Gasteiger partial charge >= 0.3 is 6.36 Å². The van der Waals surface area contributed by atoms with E-state index in [-0.39, 0.29) is 30.0 Å². The van der Waals surface area contributed by atoms with Crippen LogP contribution in [0, 0.1) is 0 Å². The molecule has 136 valence electrons. The van der Waals surface area contributed by atoms with Crippen LogP contribution in [0.5, 0.6) is 5.75 Å². The smallest absolute Gasteiger partial charge is 0.406 e. The van der Waals surface area contributed by atoms with Crippen molar-refractivity contribution in [3.63, 3.8) is 0 Å². The number of hydrogen-bond donors (Lipinski definition) is 1. The third kappa shape index (κ3) is 6.29. The highest BCUT2D eigenvalue weighted by atomic mass is 32.2. The third-order valence-corrected chi connectivity index (χ3v) is 4.03. The summed E-state index contributed by atoms with van der Waals surface area (Å²) in [6.45, 7) is 4.18. The van der Waals surface area contributed by atoms with E-state index in [4.69, 9.17) is 0 Å². The van der Waals surface area contributed by atoms with E-state index in [0.717, 1.165) is 0 Å². The van der Waals surface area contributed by atoms with Crippen molar-refractivity contribution >= 4 is 17.7 Å². The lowest BCUT2D eigenvalue weighted by molar-refractivity contribution is -0.274. The molecule has 0 unspecified atom stereocenters. The molecule has 2 rings (SSSR count).